The van der Waals surface area contributed by atoms with Crippen LogP contribution < -0.4 is 15.2 Å². The zero-order chi connectivity index (χ0) is 13.7. The Kier molecular flexibility index (Phi) is 4.36. The molecule has 2 aromatic carbocycles. The molecule has 3 nitrogen and oxygen atoms in total. The highest BCUT2D eigenvalue weighted by molar-refractivity contribution is 5.39. The fraction of sp³-hybridized carbons (Fsp3) is 0.200. The van der Waals surface area contributed by atoms with Crippen molar-refractivity contribution in [1.82, 2.24) is 0 Å². The van der Waals surface area contributed by atoms with Crippen molar-refractivity contribution in [2.75, 3.05) is 7.11 Å². The van der Waals surface area contributed by atoms with Crippen molar-refractivity contribution in [1.29, 1.82) is 0 Å². The summed E-state index contributed by atoms with van der Waals surface area (Å²) >= 11 is 0. The topological polar surface area (TPSA) is 44.5 Å². The van der Waals surface area contributed by atoms with E-state index in [0.717, 1.165) is 11.1 Å². The van der Waals surface area contributed by atoms with Gasteiger partial charge >= 0.3 is 0 Å². The largest absolute Gasteiger partial charge is 0.493 e. The van der Waals surface area contributed by atoms with Gasteiger partial charge < -0.3 is 15.2 Å². The Morgan fingerprint density at radius 2 is 1.79 bits per heavy atom. The highest BCUT2D eigenvalue weighted by Crippen LogP contribution is 2.27. The summed E-state index contributed by atoms with van der Waals surface area (Å²) in [6.07, 6.45) is 0. The number of nitrogens with two attached hydrogens (primary N) is 1. The first-order valence-electron chi connectivity index (χ1n) is 5.97. The van der Waals surface area contributed by atoms with Gasteiger partial charge in [-0.25, -0.2) is 4.39 Å². The molecule has 2 N–H and O–H groups in total. The Morgan fingerprint density at radius 3 is 2.47 bits per heavy atom. The van der Waals surface area contributed by atoms with Crippen LogP contribution in [0, 0.1) is 5.82 Å². The number of halogens is 1. The predicted octanol–water partition coefficient (Wildman–Crippen LogP) is 2.87. The van der Waals surface area contributed by atoms with Gasteiger partial charge in [-0.15, -0.1) is 0 Å². The summed E-state index contributed by atoms with van der Waals surface area (Å²) < 4.78 is 24.1. The van der Waals surface area contributed by atoms with E-state index < -0.39 is 0 Å². The van der Waals surface area contributed by atoms with Gasteiger partial charge in [0.05, 0.1) is 7.11 Å². The van der Waals surface area contributed by atoms with Crippen LogP contribution in [0.3, 0.4) is 0 Å². The van der Waals surface area contributed by atoms with Crippen LogP contribution in [0.4, 0.5) is 4.39 Å². The third-order valence-electron chi connectivity index (χ3n) is 2.84. The van der Waals surface area contributed by atoms with E-state index in [1.54, 1.807) is 19.2 Å². The monoisotopic (exact) mass is 261 g/mol. The standard InChI is InChI=1S/C15H16FNO2/c1-18-14-4-2-3-5-15(14)19-10-12-8-13(16)7-6-11(12)9-17/h2-8H,9-10,17H2,1H3. The zero-order valence-electron chi connectivity index (χ0n) is 10.7. The average molecular weight is 261 g/mol. The molecule has 0 spiro atoms. The molecule has 0 fully saturated rings. The van der Waals surface area contributed by atoms with E-state index in [9.17, 15) is 4.39 Å². The van der Waals surface area contributed by atoms with Crippen LogP contribution in [0.25, 0.3) is 0 Å². The number of hydrogen-bond donors (Lipinski definition) is 1. The van der Waals surface area contributed by atoms with Gasteiger partial charge in [0.1, 0.15) is 12.4 Å². The molecule has 0 radical (unpaired) electrons. The number of rotatable bonds is 5. The van der Waals surface area contributed by atoms with E-state index in [-0.39, 0.29) is 12.4 Å². The van der Waals surface area contributed by atoms with Crippen LogP contribution in [0.1, 0.15) is 11.1 Å². The van der Waals surface area contributed by atoms with Gasteiger partial charge in [-0.2, -0.15) is 0 Å². The molecule has 100 valence electrons. The summed E-state index contributed by atoms with van der Waals surface area (Å²) in [6, 6.07) is 11.8. The summed E-state index contributed by atoms with van der Waals surface area (Å²) in [5.41, 5.74) is 7.24. The van der Waals surface area contributed by atoms with E-state index in [2.05, 4.69) is 0 Å². The third-order valence-corrected chi connectivity index (χ3v) is 2.84. The second-order valence-electron chi connectivity index (χ2n) is 4.06. The lowest BCUT2D eigenvalue weighted by atomic mass is 10.1. The van der Waals surface area contributed by atoms with Crippen molar-refractivity contribution < 1.29 is 13.9 Å². The smallest absolute Gasteiger partial charge is 0.161 e. The van der Waals surface area contributed by atoms with Crippen LogP contribution in [0.5, 0.6) is 11.5 Å². The lowest BCUT2D eigenvalue weighted by Crippen LogP contribution is -2.05. The normalized spacial score (nSPS) is 10.3. The van der Waals surface area contributed by atoms with E-state index in [1.807, 2.05) is 18.2 Å². The molecule has 0 saturated heterocycles. The Labute approximate surface area is 111 Å². The molecule has 0 amide bonds. The summed E-state index contributed by atoms with van der Waals surface area (Å²) in [7, 11) is 1.58. The predicted molar refractivity (Wildman–Crippen MR) is 71.6 cm³/mol. The van der Waals surface area contributed by atoms with Gasteiger partial charge in [-0.05, 0) is 35.4 Å². The fourth-order valence-corrected chi connectivity index (χ4v) is 1.82. The maximum atomic E-state index is 13.2. The van der Waals surface area contributed by atoms with Crippen LogP contribution in [0.2, 0.25) is 0 Å². The first kappa shape index (κ1) is 13.4. The molecule has 0 aromatic heterocycles. The number of methoxy groups -OCH3 is 1. The second kappa shape index (κ2) is 6.20. The average Bonchev–Trinajstić information content (AvgIpc) is 2.45. The lowest BCUT2D eigenvalue weighted by Gasteiger charge is -2.12. The lowest BCUT2D eigenvalue weighted by molar-refractivity contribution is 0.283. The highest BCUT2D eigenvalue weighted by Gasteiger charge is 2.06. The van der Waals surface area contributed by atoms with Gasteiger partial charge in [0.25, 0.3) is 0 Å². The Balaban J connectivity index is 2.16. The SMILES string of the molecule is COc1ccccc1OCc1cc(F)ccc1CN. The molecule has 0 saturated carbocycles. The number of para-hydroxylation sites is 2. The van der Waals surface area contributed by atoms with Gasteiger partial charge in [0.15, 0.2) is 11.5 Å². The van der Waals surface area contributed by atoms with E-state index in [0.29, 0.717) is 18.0 Å². The Morgan fingerprint density at radius 1 is 1.05 bits per heavy atom. The molecule has 0 atom stereocenters. The van der Waals surface area contributed by atoms with Crippen molar-refractivity contribution in [3.63, 3.8) is 0 Å². The number of hydrogen-bond acceptors (Lipinski definition) is 3. The highest BCUT2D eigenvalue weighted by atomic mass is 19.1. The van der Waals surface area contributed by atoms with Gasteiger partial charge in [0, 0.05) is 6.54 Å². The van der Waals surface area contributed by atoms with E-state index in [4.69, 9.17) is 15.2 Å². The Bertz CT molecular complexity index is 558. The van der Waals surface area contributed by atoms with Crippen molar-refractivity contribution in [3.05, 3.63) is 59.4 Å². The molecule has 2 rings (SSSR count). The molecule has 0 bridgehead atoms. The maximum absolute atomic E-state index is 13.2. The van der Waals surface area contributed by atoms with E-state index >= 15 is 0 Å². The summed E-state index contributed by atoms with van der Waals surface area (Å²) in [4.78, 5) is 0. The molecule has 0 aliphatic heterocycles. The van der Waals surface area contributed by atoms with Crippen molar-refractivity contribution >= 4 is 0 Å². The number of ether oxygens (including phenoxy) is 2. The molecule has 0 heterocycles. The summed E-state index contributed by atoms with van der Waals surface area (Å²) in [5.74, 6) is 0.973. The van der Waals surface area contributed by atoms with Gasteiger partial charge in [-0.3, -0.25) is 0 Å². The summed E-state index contributed by atoms with van der Waals surface area (Å²) in [5, 5.41) is 0. The van der Waals surface area contributed by atoms with Crippen molar-refractivity contribution in [2.24, 2.45) is 5.73 Å². The summed E-state index contributed by atoms with van der Waals surface area (Å²) in [6.45, 7) is 0.607. The number of benzene rings is 2. The first-order valence-corrected chi connectivity index (χ1v) is 5.97. The zero-order valence-corrected chi connectivity index (χ0v) is 10.7. The maximum Gasteiger partial charge on any atom is 0.161 e. The van der Waals surface area contributed by atoms with Crippen molar-refractivity contribution in [3.8, 4) is 11.5 Å². The van der Waals surface area contributed by atoms with Crippen LogP contribution in [-0.4, -0.2) is 7.11 Å². The van der Waals surface area contributed by atoms with Crippen molar-refractivity contribution in [2.45, 2.75) is 13.2 Å². The molecule has 0 unspecified atom stereocenters. The molecular formula is C15H16FNO2. The van der Waals surface area contributed by atoms with Gasteiger partial charge in [-0.1, -0.05) is 18.2 Å². The van der Waals surface area contributed by atoms with Crippen LogP contribution in [0.15, 0.2) is 42.5 Å². The second-order valence-corrected chi connectivity index (χ2v) is 4.06. The van der Waals surface area contributed by atoms with E-state index in [1.165, 1.54) is 12.1 Å². The third kappa shape index (κ3) is 3.23. The van der Waals surface area contributed by atoms with Gasteiger partial charge in [0.2, 0.25) is 0 Å². The fourth-order valence-electron chi connectivity index (χ4n) is 1.82. The molecule has 0 aliphatic rings. The van der Waals surface area contributed by atoms with Crippen LogP contribution in [-0.2, 0) is 13.2 Å². The molecule has 0 aliphatic carbocycles. The minimum absolute atomic E-state index is 0.255. The van der Waals surface area contributed by atoms with Crippen LogP contribution >= 0.6 is 0 Å². The molecule has 2 aromatic rings. The minimum atomic E-state index is -0.296. The quantitative estimate of drug-likeness (QED) is 0.900. The molecule has 19 heavy (non-hydrogen) atoms. The molecule has 4 heteroatoms. The molecular weight excluding hydrogens is 245 g/mol. The Hall–Kier alpha value is -2.07. The minimum Gasteiger partial charge on any atom is -0.493 e. The first-order chi connectivity index (χ1) is 9.24.